The Morgan fingerprint density at radius 3 is 2.45 bits per heavy atom. The lowest BCUT2D eigenvalue weighted by Crippen LogP contribution is -2.30. The second kappa shape index (κ2) is 7.13. The van der Waals surface area contributed by atoms with Gasteiger partial charge in [-0.1, -0.05) is 59.0 Å². The average molecular weight is 381 g/mol. The van der Waals surface area contributed by atoms with Crippen molar-refractivity contribution in [3.8, 4) is 0 Å². The summed E-state index contributed by atoms with van der Waals surface area (Å²) in [6, 6.07) is 8.05. The van der Waals surface area contributed by atoms with Crippen molar-refractivity contribution in [1.82, 2.24) is 0 Å². The van der Waals surface area contributed by atoms with E-state index in [9.17, 15) is 4.79 Å². The molecule has 1 aliphatic carbocycles. The molecule has 1 aliphatic rings. The van der Waals surface area contributed by atoms with Crippen molar-refractivity contribution < 1.29 is 9.53 Å². The average Bonchev–Trinajstić information content (AvgIpc) is 2.49. The zero-order valence-electron chi connectivity index (χ0n) is 13.9. The molecule has 0 fully saturated rings. The lowest BCUT2D eigenvalue weighted by atomic mass is 9.80. The van der Waals surface area contributed by atoms with E-state index in [2.05, 4.69) is 41.6 Å². The van der Waals surface area contributed by atoms with Gasteiger partial charge in [0.05, 0.1) is 21.1 Å². The lowest BCUT2D eigenvalue weighted by molar-refractivity contribution is -0.143. The molecule has 1 aromatic carbocycles. The van der Waals surface area contributed by atoms with Gasteiger partial charge in [-0.25, -0.2) is 0 Å². The maximum Gasteiger partial charge on any atom is 0.313 e. The summed E-state index contributed by atoms with van der Waals surface area (Å²) in [7, 11) is 0.189. The molecule has 0 radical (unpaired) electrons. The summed E-state index contributed by atoms with van der Waals surface area (Å²) >= 11 is 3.46. The Hall–Kier alpha value is -0.873. The Morgan fingerprint density at radius 2 is 1.91 bits per heavy atom. The van der Waals surface area contributed by atoms with E-state index in [1.165, 1.54) is 20.0 Å². The van der Waals surface area contributed by atoms with Gasteiger partial charge >= 0.3 is 5.97 Å². The van der Waals surface area contributed by atoms with Crippen LogP contribution in [-0.2, 0) is 9.53 Å². The fourth-order valence-corrected chi connectivity index (χ4v) is 5.10. The van der Waals surface area contributed by atoms with Crippen molar-refractivity contribution in [2.24, 2.45) is 5.92 Å². The number of ether oxygens (including phenoxy) is 1. The number of allylic oxidation sites excluding steroid dienone is 2. The van der Waals surface area contributed by atoms with E-state index in [0.29, 0.717) is 0 Å². The summed E-state index contributed by atoms with van der Waals surface area (Å²) < 4.78 is 6.13. The number of rotatable bonds is 4. The molecule has 22 heavy (non-hydrogen) atoms. The number of carbonyl (C=O) groups excluding carboxylic acids is 1. The highest BCUT2D eigenvalue weighted by Crippen LogP contribution is 2.38. The van der Waals surface area contributed by atoms with Gasteiger partial charge in [-0.05, 0) is 42.9 Å². The third-order valence-electron chi connectivity index (χ3n) is 4.47. The predicted molar refractivity (Wildman–Crippen MR) is 97.7 cm³/mol. The maximum absolute atomic E-state index is 12.4. The highest BCUT2D eigenvalue weighted by molar-refractivity contribution is 9.10. The van der Waals surface area contributed by atoms with Crippen molar-refractivity contribution in [2.75, 3.05) is 7.11 Å². The molecule has 2 atom stereocenters. The van der Waals surface area contributed by atoms with E-state index in [-0.39, 0.29) is 17.8 Å². The van der Waals surface area contributed by atoms with Crippen molar-refractivity contribution in [3.05, 3.63) is 45.6 Å². The summed E-state index contributed by atoms with van der Waals surface area (Å²) in [5.74, 6) is -0.0609. The van der Waals surface area contributed by atoms with Crippen molar-refractivity contribution >= 4 is 30.0 Å². The molecule has 0 unspecified atom stereocenters. The van der Waals surface area contributed by atoms with Gasteiger partial charge in [0.1, 0.15) is 0 Å². The van der Waals surface area contributed by atoms with E-state index in [4.69, 9.17) is 4.74 Å². The third kappa shape index (κ3) is 4.11. The van der Waals surface area contributed by atoms with E-state index in [1.807, 2.05) is 24.3 Å². The van der Waals surface area contributed by atoms with E-state index in [1.54, 1.807) is 5.20 Å². The minimum atomic E-state index is -1.30. The van der Waals surface area contributed by atoms with E-state index < -0.39 is 8.07 Å². The van der Waals surface area contributed by atoms with Crippen LogP contribution < -0.4 is 0 Å². The van der Waals surface area contributed by atoms with E-state index >= 15 is 0 Å². The number of methoxy groups -OCH3 is 1. The van der Waals surface area contributed by atoms with Gasteiger partial charge in [0, 0.05) is 4.47 Å². The Morgan fingerprint density at radius 1 is 1.27 bits per heavy atom. The molecular weight excluding hydrogens is 356 g/mol. The van der Waals surface area contributed by atoms with Gasteiger partial charge in [-0.3, -0.25) is 4.79 Å². The second-order valence-electron chi connectivity index (χ2n) is 7.05. The first-order valence-corrected chi connectivity index (χ1v) is 12.2. The van der Waals surface area contributed by atoms with Gasteiger partial charge in [-0.2, -0.15) is 0 Å². The SMILES string of the molecule is COC(=O)[C@@H](c1ccc(Br)cc1)[C@H]1C=C([Si](C)(C)C)CCC1. The Balaban J connectivity index is 2.37. The Bertz CT molecular complexity index is 557. The summed E-state index contributed by atoms with van der Waals surface area (Å²) in [4.78, 5) is 12.4. The summed E-state index contributed by atoms with van der Waals surface area (Å²) in [5, 5.41) is 1.59. The molecular formula is C18H25BrO2Si. The standard InChI is InChI=1S/C18H25BrO2Si/c1-21-18(20)17(13-8-10-15(19)11-9-13)14-6-5-7-16(12-14)22(2,3)4/h8-12,14,17H,5-7H2,1-4H3/t14-,17+/m1/s1. The number of esters is 1. The van der Waals surface area contributed by atoms with Crippen molar-refractivity contribution in [1.29, 1.82) is 0 Å². The molecule has 0 saturated heterocycles. The molecule has 4 heteroatoms. The third-order valence-corrected chi connectivity index (χ3v) is 7.35. The highest BCUT2D eigenvalue weighted by Gasteiger charge is 2.33. The Kier molecular flexibility index (Phi) is 5.67. The topological polar surface area (TPSA) is 26.3 Å². The fraction of sp³-hybridized carbons (Fsp3) is 0.500. The monoisotopic (exact) mass is 380 g/mol. The van der Waals surface area contributed by atoms with Crippen LogP contribution >= 0.6 is 15.9 Å². The molecule has 0 N–H and O–H groups in total. The van der Waals surface area contributed by atoms with Crippen molar-refractivity contribution in [3.63, 3.8) is 0 Å². The smallest absolute Gasteiger partial charge is 0.313 e. The number of carbonyl (C=O) groups is 1. The second-order valence-corrected chi connectivity index (χ2v) is 13.1. The minimum absolute atomic E-state index is 0.125. The highest BCUT2D eigenvalue weighted by atomic mass is 79.9. The van der Waals surface area contributed by atoms with Gasteiger partial charge in [0.2, 0.25) is 0 Å². The first kappa shape index (κ1) is 17.5. The van der Waals surface area contributed by atoms with E-state index in [0.717, 1.165) is 16.5 Å². The molecule has 0 aliphatic heterocycles. The minimum Gasteiger partial charge on any atom is -0.469 e. The van der Waals surface area contributed by atoms with Crippen LogP contribution in [0.2, 0.25) is 19.6 Å². The van der Waals surface area contributed by atoms with Gasteiger partial charge in [-0.15, -0.1) is 0 Å². The number of halogens is 1. The molecule has 2 rings (SSSR count). The first-order valence-electron chi connectivity index (χ1n) is 7.87. The number of hydrogen-bond donors (Lipinski definition) is 0. The quantitative estimate of drug-likeness (QED) is 0.522. The molecule has 0 spiro atoms. The van der Waals surface area contributed by atoms with Crippen LogP contribution in [0.5, 0.6) is 0 Å². The molecule has 1 aromatic rings. The van der Waals surface area contributed by atoms with Gasteiger partial charge < -0.3 is 4.74 Å². The van der Waals surface area contributed by atoms with Crippen LogP contribution in [0.1, 0.15) is 30.7 Å². The largest absolute Gasteiger partial charge is 0.469 e. The molecule has 0 heterocycles. The molecule has 0 amide bonds. The lowest BCUT2D eigenvalue weighted by Gasteiger charge is -2.32. The molecule has 2 nitrogen and oxygen atoms in total. The molecule has 120 valence electrons. The predicted octanol–water partition coefficient (Wildman–Crippen LogP) is 5.31. The number of benzene rings is 1. The molecule has 0 saturated carbocycles. The van der Waals surface area contributed by atoms with Crippen LogP contribution in [0.4, 0.5) is 0 Å². The molecule has 0 bridgehead atoms. The van der Waals surface area contributed by atoms with Crippen LogP contribution in [0.3, 0.4) is 0 Å². The summed E-state index contributed by atoms with van der Waals surface area (Å²) in [6.07, 6.45) is 5.81. The van der Waals surface area contributed by atoms with Crippen LogP contribution in [0.15, 0.2) is 40.0 Å². The number of hydrogen-bond acceptors (Lipinski definition) is 2. The van der Waals surface area contributed by atoms with Gasteiger partial charge in [0.15, 0.2) is 0 Å². The summed E-state index contributed by atoms with van der Waals surface area (Å²) in [5.41, 5.74) is 1.05. The summed E-state index contributed by atoms with van der Waals surface area (Å²) in [6.45, 7) is 7.15. The first-order chi connectivity index (χ1) is 10.3. The zero-order chi connectivity index (χ0) is 16.3. The molecule has 0 aromatic heterocycles. The maximum atomic E-state index is 12.4. The fourth-order valence-electron chi connectivity index (χ4n) is 3.20. The van der Waals surface area contributed by atoms with Crippen molar-refractivity contribution in [2.45, 2.75) is 44.8 Å². The normalized spacial score (nSPS) is 20.2. The van der Waals surface area contributed by atoms with Crippen LogP contribution in [0, 0.1) is 5.92 Å². The van der Waals surface area contributed by atoms with Crippen LogP contribution in [-0.4, -0.2) is 21.2 Å². The zero-order valence-corrected chi connectivity index (χ0v) is 16.4. The van der Waals surface area contributed by atoms with Gasteiger partial charge in [0.25, 0.3) is 0 Å². The van der Waals surface area contributed by atoms with Crippen LogP contribution in [0.25, 0.3) is 0 Å². The Labute approximate surface area is 143 Å².